The highest BCUT2D eigenvalue weighted by Gasteiger charge is 2.33. The molecule has 0 saturated carbocycles. The first-order valence-corrected chi connectivity index (χ1v) is 4.08. The van der Waals surface area contributed by atoms with Crippen LogP contribution in [0.4, 0.5) is 4.79 Å². The zero-order valence-electron chi connectivity index (χ0n) is 7.70. The molecule has 4 heteroatoms. The van der Waals surface area contributed by atoms with Gasteiger partial charge < -0.3 is 9.84 Å². The van der Waals surface area contributed by atoms with Gasteiger partial charge in [-0.3, -0.25) is 4.90 Å². The zero-order valence-corrected chi connectivity index (χ0v) is 7.70. The van der Waals surface area contributed by atoms with Crippen LogP contribution in [0.25, 0.3) is 0 Å². The molecule has 13 heavy (non-hydrogen) atoms. The van der Waals surface area contributed by atoms with Gasteiger partial charge in [-0.05, 0) is 20.8 Å². The molecule has 0 aliphatic carbocycles. The highest BCUT2D eigenvalue weighted by molar-refractivity contribution is 5.69. The predicted molar refractivity (Wildman–Crippen MR) is 50.3 cm³/mol. The van der Waals surface area contributed by atoms with Crippen LogP contribution in [0.5, 0.6) is 0 Å². The molecule has 1 saturated heterocycles. The number of aliphatic hydroxyl groups excluding tert-OH is 1. The highest BCUT2D eigenvalue weighted by atomic mass is 16.6. The van der Waals surface area contributed by atoms with Gasteiger partial charge in [0.05, 0.1) is 0 Å². The van der Waals surface area contributed by atoms with Crippen LogP contribution in [0.2, 0.25) is 0 Å². The Balaban J connectivity index is 0.00000144. The van der Waals surface area contributed by atoms with E-state index in [4.69, 9.17) is 9.84 Å². The summed E-state index contributed by atoms with van der Waals surface area (Å²) in [6, 6.07) is 0. The Morgan fingerprint density at radius 1 is 1.54 bits per heavy atom. The summed E-state index contributed by atoms with van der Waals surface area (Å²) >= 11 is 0. The Morgan fingerprint density at radius 2 is 2.08 bits per heavy atom. The van der Waals surface area contributed by atoms with Gasteiger partial charge in [-0.15, -0.1) is 0 Å². The largest absolute Gasteiger partial charge is 0.444 e. The Bertz CT molecular complexity index is 186. The molecular weight excluding hydrogens is 170 g/mol. The fourth-order valence-electron chi connectivity index (χ4n) is 0.907. The second-order valence-corrected chi connectivity index (χ2v) is 3.94. The molecule has 0 spiro atoms. The molecule has 4 nitrogen and oxygen atoms in total. The average Bonchev–Trinajstić information content (AvgIpc) is 1.79. The molecule has 1 heterocycles. The maximum Gasteiger partial charge on any atom is 0.412 e. The van der Waals surface area contributed by atoms with Crippen molar-refractivity contribution in [3.8, 4) is 0 Å². The van der Waals surface area contributed by atoms with E-state index in [1.165, 1.54) is 4.90 Å². The maximum absolute atomic E-state index is 11.2. The lowest BCUT2D eigenvalue weighted by molar-refractivity contribution is -0.0793. The first-order chi connectivity index (χ1) is 5.40. The number of aliphatic hydroxyl groups is 1. The number of carbonyl (C=O) groups excluding carboxylic acids is 1. The molecular formula is C9H19NO3. The van der Waals surface area contributed by atoms with Gasteiger partial charge in [0.25, 0.3) is 0 Å². The molecule has 0 aromatic heterocycles. The number of nitrogens with zero attached hydrogens (tertiary/aromatic N) is 1. The van der Waals surface area contributed by atoms with Crippen molar-refractivity contribution in [3.63, 3.8) is 0 Å². The van der Waals surface area contributed by atoms with Crippen molar-refractivity contribution in [1.29, 1.82) is 0 Å². The van der Waals surface area contributed by atoms with Gasteiger partial charge in [0.15, 0.2) is 0 Å². The normalized spacial score (nSPS) is 21.5. The van der Waals surface area contributed by atoms with Crippen LogP contribution in [0.15, 0.2) is 0 Å². The molecule has 1 N–H and O–H groups in total. The number of hydrogen-bond donors (Lipinski definition) is 1. The van der Waals surface area contributed by atoms with Gasteiger partial charge in [-0.25, -0.2) is 4.79 Å². The molecule has 1 aliphatic heterocycles. The van der Waals surface area contributed by atoms with E-state index in [1.54, 1.807) is 20.8 Å². The summed E-state index contributed by atoms with van der Waals surface area (Å²) in [6.07, 6.45) is -0.416. The highest BCUT2D eigenvalue weighted by Crippen LogP contribution is 2.18. The number of carbonyl (C=O) groups is 1. The van der Waals surface area contributed by atoms with E-state index >= 15 is 0 Å². The smallest absolute Gasteiger partial charge is 0.412 e. The predicted octanol–water partition coefficient (Wildman–Crippen LogP) is 1.58. The number of amides is 1. The van der Waals surface area contributed by atoms with E-state index in [9.17, 15) is 4.79 Å². The van der Waals surface area contributed by atoms with E-state index in [-0.39, 0.29) is 7.43 Å². The quantitative estimate of drug-likeness (QED) is 0.629. The summed E-state index contributed by atoms with van der Waals surface area (Å²) in [5.74, 6) is 0. The lowest BCUT2D eigenvalue weighted by Gasteiger charge is -2.37. The van der Waals surface area contributed by atoms with Gasteiger partial charge in [-0.2, -0.15) is 0 Å². The topological polar surface area (TPSA) is 49.8 Å². The summed E-state index contributed by atoms with van der Waals surface area (Å²) in [6.45, 7) is 6.00. The van der Waals surface area contributed by atoms with Gasteiger partial charge in [0.2, 0.25) is 0 Å². The summed E-state index contributed by atoms with van der Waals surface area (Å²) in [7, 11) is 0. The van der Waals surface area contributed by atoms with Gasteiger partial charge >= 0.3 is 6.09 Å². The van der Waals surface area contributed by atoms with Crippen molar-refractivity contribution >= 4 is 6.09 Å². The molecule has 1 unspecified atom stereocenters. The van der Waals surface area contributed by atoms with Crippen molar-refractivity contribution in [3.05, 3.63) is 0 Å². The van der Waals surface area contributed by atoms with Crippen molar-refractivity contribution in [2.75, 3.05) is 6.54 Å². The first kappa shape index (κ1) is 12.2. The monoisotopic (exact) mass is 189 g/mol. The molecule has 1 amide bonds. The van der Waals surface area contributed by atoms with Gasteiger partial charge in [0.1, 0.15) is 11.8 Å². The SMILES string of the molecule is C.CC(C)(C)OC(=O)N1CCC1O. The van der Waals surface area contributed by atoms with Crippen molar-refractivity contribution in [1.82, 2.24) is 4.90 Å². The number of likely N-dealkylation sites (tertiary alicyclic amines) is 1. The minimum absolute atomic E-state index is 0. The van der Waals surface area contributed by atoms with E-state index in [1.807, 2.05) is 0 Å². The van der Waals surface area contributed by atoms with Crippen LogP contribution < -0.4 is 0 Å². The third-order valence-corrected chi connectivity index (χ3v) is 1.62. The Labute approximate surface area is 79.5 Å². The number of hydrogen-bond acceptors (Lipinski definition) is 3. The number of ether oxygens (including phenoxy) is 1. The minimum Gasteiger partial charge on any atom is -0.444 e. The lowest BCUT2D eigenvalue weighted by Crippen LogP contribution is -2.52. The van der Waals surface area contributed by atoms with E-state index in [0.717, 1.165) is 0 Å². The maximum atomic E-state index is 11.2. The summed E-state index contributed by atoms with van der Waals surface area (Å²) in [4.78, 5) is 12.5. The second kappa shape index (κ2) is 3.96. The van der Waals surface area contributed by atoms with Crippen molar-refractivity contribution in [2.45, 2.75) is 46.4 Å². The van der Waals surface area contributed by atoms with E-state index in [2.05, 4.69) is 0 Å². The Hall–Kier alpha value is -0.770. The fraction of sp³-hybridized carbons (Fsp3) is 0.889. The van der Waals surface area contributed by atoms with Crippen molar-refractivity contribution < 1.29 is 14.6 Å². The Kier molecular flexibility index (Phi) is 3.72. The van der Waals surface area contributed by atoms with Crippen molar-refractivity contribution in [2.24, 2.45) is 0 Å². The van der Waals surface area contributed by atoms with Gasteiger partial charge in [0, 0.05) is 13.0 Å². The Morgan fingerprint density at radius 3 is 2.31 bits per heavy atom. The molecule has 1 fully saturated rings. The van der Waals surface area contributed by atoms with Crippen LogP contribution >= 0.6 is 0 Å². The second-order valence-electron chi connectivity index (χ2n) is 3.94. The first-order valence-electron chi connectivity index (χ1n) is 4.08. The molecule has 0 radical (unpaired) electrons. The molecule has 1 aliphatic rings. The molecule has 0 bridgehead atoms. The van der Waals surface area contributed by atoms with Crippen LogP contribution in [0.1, 0.15) is 34.6 Å². The van der Waals surface area contributed by atoms with Crippen LogP contribution in [-0.2, 0) is 4.74 Å². The third kappa shape index (κ3) is 3.22. The summed E-state index contributed by atoms with van der Waals surface area (Å²) in [5, 5.41) is 9.10. The molecule has 78 valence electrons. The van der Waals surface area contributed by atoms with Crippen LogP contribution in [0, 0.1) is 0 Å². The standard InChI is InChI=1S/C8H15NO3.CH4/c1-8(2,3)12-7(11)9-5-4-6(9)10;/h6,10H,4-5H2,1-3H3;1H4. The average molecular weight is 189 g/mol. The van der Waals surface area contributed by atoms with E-state index < -0.39 is 17.9 Å². The summed E-state index contributed by atoms with van der Waals surface area (Å²) in [5.41, 5.74) is -0.480. The molecule has 0 aromatic carbocycles. The van der Waals surface area contributed by atoms with Gasteiger partial charge in [-0.1, -0.05) is 7.43 Å². The lowest BCUT2D eigenvalue weighted by atomic mass is 10.2. The number of rotatable bonds is 0. The molecule has 1 rings (SSSR count). The third-order valence-electron chi connectivity index (χ3n) is 1.62. The fourth-order valence-corrected chi connectivity index (χ4v) is 0.907. The molecule has 1 atom stereocenters. The summed E-state index contributed by atoms with van der Waals surface area (Å²) < 4.78 is 5.04. The minimum atomic E-state index is -0.639. The molecule has 0 aromatic rings. The van der Waals surface area contributed by atoms with Crippen LogP contribution in [0.3, 0.4) is 0 Å². The van der Waals surface area contributed by atoms with E-state index in [0.29, 0.717) is 13.0 Å². The van der Waals surface area contributed by atoms with Crippen LogP contribution in [-0.4, -0.2) is 34.5 Å². The zero-order chi connectivity index (χ0) is 9.35.